The van der Waals surface area contributed by atoms with E-state index < -0.39 is 0 Å². The van der Waals surface area contributed by atoms with Crippen molar-refractivity contribution in [1.29, 1.82) is 15.8 Å². The summed E-state index contributed by atoms with van der Waals surface area (Å²) in [6.45, 7) is 0.831. The number of amides is 1. The first-order chi connectivity index (χ1) is 10.7. The number of hydrogen-bond donors (Lipinski definition) is 2. The van der Waals surface area contributed by atoms with Crippen molar-refractivity contribution in [3.63, 3.8) is 0 Å². The number of benzene rings is 1. The molecule has 0 heterocycles. The normalized spacial score (nSPS) is 8.82. The van der Waals surface area contributed by atoms with E-state index in [9.17, 15) is 4.79 Å². The molecule has 0 aromatic heterocycles. The number of nitrogens with one attached hydrogen (secondary N) is 2. The molecule has 22 heavy (non-hydrogen) atoms. The molecule has 7 nitrogen and oxygen atoms in total. The third-order valence-electron chi connectivity index (χ3n) is 2.59. The van der Waals surface area contributed by atoms with Gasteiger partial charge in [0.05, 0.1) is 6.61 Å². The Morgan fingerprint density at radius 2 is 1.77 bits per heavy atom. The van der Waals surface area contributed by atoms with Crippen molar-refractivity contribution in [2.24, 2.45) is 0 Å². The zero-order chi connectivity index (χ0) is 16.4. The van der Waals surface area contributed by atoms with Gasteiger partial charge < -0.3 is 15.4 Å². The summed E-state index contributed by atoms with van der Waals surface area (Å²) < 4.78 is 4.83. The molecule has 0 saturated heterocycles. The van der Waals surface area contributed by atoms with Crippen molar-refractivity contribution >= 4 is 11.6 Å². The fourth-order valence-corrected chi connectivity index (χ4v) is 1.50. The van der Waals surface area contributed by atoms with Crippen LogP contribution in [0.5, 0.6) is 0 Å². The molecule has 110 valence electrons. The van der Waals surface area contributed by atoms with Crippen LogP contribution in [0.2, 0.25) is 0 Å². The van der Waals surface area contributed by atoms with E-state index in [4.69, 9.17) is 20.5 Å². The Hall–Kier alpha value is -3.34. The number of carbonyl (C=O) groups is 1. The Morgan fingerprint density at radius 1 is 1.14 bits per heavy atom. The Morgan fingerprint density at radius 3 is 2.27 bits per heavy atom. The molecule has 1 aromatic carbocycles. The SMILES string of the molecule is COCCNC(=O)c1ccc(NC(C#N)=C(C#N)C#N)cc1. The Labute approximate surface area is 128 Å². The summed E-state index contributed by atoms with van der Waals surface area (Å²) in [5, 5.41) is 31.8. The molecule has 0 saturated carbocycles. The van der Waals surface area contributed by atoms with Gasteiger partial charge in [0.1, 0.15) is 23.9 Å². The van der Waals surface area contributed by atoms with Gasteiger partial charge in [-0.1, -0.05) is 0 Å². The van der Waals surface area contributed by atoms with Crippen molar-refractivity contribution in [3.8, 4) is 18.2 Å². The smallest absolute Gasteiger partial charge is 0.251 e. The van der Waals surface area contributed by atoms with Crippen molar-refractivity contribution in [3.05, 3.63) is 41.1 Å². The maximum absolute atomic E-state index is 11.8. The fraction of sp³-hybridized carbons (Fsp3) is 0.200. The number of allylic oxidation sites excluding steroid dienone is 2. The minimum Gasteiger partial charge on any atom is -0.383 e. The predicted octanol–water partition coefficient (Wildman–Crippen LogP) is 1.30. The van der Waals surface area contributed by atoms with E-state index in [2.05, 4.69) is 10.6 Å². The number of methoxy groups -OCH3 is 1. The van der Waals surface area contributed by atoms with Crippen LogP contribution in [0.15, 0.2) is 35.5 Å². The van der Waals surface area contributed by atoms with E-state index in [0.29, 0.717) is 24.4 Å². The lowest BCUT2D eigenvalue weighted by Crippen LogP contribution is -2.26. The second kappa shape index (κ2) is 8.76. The highest BCUT2D eigenvalue weighted by Crippen LogP contribution is 2.13. The number of rotatable bonds is 6. The standard InChI is InChI=1S/C15H13N5O2/c1-22-7-6-19-15(21)11-2-4-13(5-3-11)20-14(10-18)12(8-16)9-17/h2-5,20H,6-7H2,1H3,(H,19,21). The number of anilines is 1. The molecule has 0 atom stereocenters. The van der Waals surface area contributed by atoms with Crippen LogP contribution in [0.3, 0.4) is 0 Å². The van der Waals surface area contributed by atoms with Crippen LogP contribution in [0, 0.1) is 34.0 Å². The summed E-state index contributed by atoms with van der Waals surface area (Å²) in [6, 6.07) is 11.3. The van der Waals surface area contributed by atoms with Crippen molar-refractivity contribution in [2.75, 3.05) is 25.6 Å². The second-order valence-electron chi connectivity index (χ2n) is 4.04. The van der Waals surface area contributed by atoms with Gasteiger partial charge in [-0.3, -0.25) is 4.79 Å². The van der Waals surface area contributed by atoms with E-state index in [0.717, 1.165) is 0 Å². The van der Waals surface area contributed by atoms with Crippen molar-refractivity contribution < 1.29 is 9.53 Å². The Balaban J connectivity index is 2.80. The molecule has 0 aliphatic carbocycles. The van der Waals surface area contributed by atoms with Crippen molar-refractivity contribution in [1.82, 2.24) is 5.32 Å². The largest absolute Gasteiger partial charge is 0.383 e. The molecule has 0 bridgehead atoms. The van der Waals surface area contributed by atoms with Gasteiger partial charge in [-0.05, 0) is 24.3 Å². The maximum atomic E-state index is 11.8. The Bertz CT molecular complexity index is 671. The van der Waals surface area contributed by atoms with Crippen LogP contribution in [0.4, 0.5) is 5.69 Å². The van der Waals surface area contributed by atoms with Gasteiger partial charge in [-0.25, -0.2) is 0 Å². The molecule has 0 aliphatic heterocycles. The summed E-state index contributed by atoms with van der Waals surface area (Å²) in [7, 11) is 1.55. The number of ether oxygens (including phenoxy) is 1. The summed E-state index contributed by atoms with van der Waals surface area (Å²) in [5.41, 5.74) is 0.504. The third-order valence-corrected chi connectivity index (χ3v) is 2.59. The number of hydrogen-bond acceptors (Lipinski definition) is 6. The molecule has 0 spiro atoms. The van der Waals surface area contributed by atoms with Gasteiger partial charge in [0.2, 0.25) is 0 Å². The molecule has 7 heteroatoms. The molecule has 0 unspecified atom stereocenters. The molecule has 0 fully saturated rings. The van der Waals surface area contributed by atoms with Gasteiger partial charge in [-0.15, -0.1) is 0 Å². The molecule has 1 amide bonds. The molecule has 1 aromatic rings. The number of carbonyl (C=O) groups excluding carboxylic acids is 1. The highest BCUT2D eigenvalue weighted by atomic mass is 16.5. The lowest BCUT2D eigenvalue weighted by molar-refractivity contribution is 0.0937. The fourth-order valence-electron chi connectivity index (χ4n) is 1.50. The quantitative estimate of drug-likeness (QED) is 0.602. The second-order valence-corrected chi connectivity index (χ2v) is 4.04. The number of nitrogens with zero attached hydrogens (tertiary/aromatic N) is 3. The average Bonchev–Trinajstić information content (AvgIpc) is 2.55. The first-order valence-electron chi connectivity index (χ1n) is 6.25. The van der Waals surface area contributed by atoms with Gasteiger partial charge >= 0.3 is 0 Å². The van der Waals surface area contributed by atoms with Gasteiger partial charge in [0.25, 0.3) is 5.91 Å². The van der Waals surface area contributed by atoms with E-state index in [1.165, 1.54) is 0 Å². The zero-order valence-corrected chi connectivity index (χ0v) is 11.9. The van der Waals surface area contributed by atoms with Crippen molar-refractivity contribution in [2.45, 2.75) is 0 Å². The van der Waals surface area contributed by atoms with Gasteiger partial charge in [0, 0.05) is 24.9 Å². The summed E-state index contributed by atoms with van der Waals surface area (Å²) in [6.07, 6.45) is 0. The molecule has 0 aliphatic rings. The first-order valence-corrected chi connectivity index (χ1v) is 6.25. The van der Waals surface area contributed by atoms with E-state index in [-0.39, 0.29) is 17.2 Å². The third kappa shape index (κ3) is 4.64. The van der Waals surface area contributed by atoms with E-state index in [1.54, 1.807) is 49.6 Å². The van der Waals surface area contributed by atoms with Crippen LogP contribution < -0.4 is 10.6 Å². The lowest BCUT2D eigenvalue weighted by atomic mass is 10.2. The van der Waals surface area contributed by atoms with Crippen LogP contribution >= 0.6 is 0 Å². The Kier molecular flexibility index (Phi) is 6.65. The van der Waals surface area contributed by atoms with Crippen LogP contribution in [-0.2, 0) is 4.74 Å². The number of nitriles is 3. The summed E-state index contributed by atoms with van der Waals surface area (Å²) >= 11 is 0. The zero-order valence-electron chi connectivity index (χ0n) is 11.9. The first kappa shape index (κ1) is 16.7. The molecule has 2 N–H and O–H groups in total. The average molecular weight is 295 g/mol. The van der Waals surface area contributed by atoms with E-state index >= 15 is 0 Å². The molecule has 1 rings (SSSR count). The highest BCUT2D eigenvalue weighted by Gasteiger charge is 2.08. The van der Waals surface area contributed by atoms with Crippen LogP contribution in [0.25, 0.3) is 0 Å². The lowest BCUT2D eigenvalue weighted by Gasteiger charge is -2.07. The minimum absolute atomic E-state index is 0.137. The van der Waals surface area contributed by atoms with E-state index in [1.807, 2.05) is 0 Å². The van der Waals surface area contributed by atoms with Gasteiger partial charge in [0.15, 0.2) is 5.57 Å². The summed E-state index contributed by atoms with van der Waals surface area (Å²) in [4.78, 5) is 11.8. The molecule has 0 radical (unpaired) electrons. The maximum Gasteiger partial charge on any atom is 0.251 e. The molecular weight excluding hydrogens is 282 g/mol. The minimum atomic E-state index is -0.302. The summed E-state index contributed by atoms with van der Waals surface area (Å²) in [5.74, 6) is -0.241. The monoisotopic (exact) mass is 295 g/mol. The van der Waals surface area contributed by atoms with Gasteiger partial charge in [-0.2, -0.15) is 15.8 Å². The topological polar surface area (TPSA) is 122 Å². The molecular formula is C15H13N5O2. The van der Waals surface area contributed by atoms with Crippen LogP contribution in [0.1, 0.15) is 10.4 Å². The van der Waals surface area contributed by atoms with Crippen LogP contribution in [-0.4, -0.2) is 26.2 Å². The highest BCUT2D eigenvalue weighted by molar-refractivity contribution is 5.94. The predicted molar refractivity (Wildman–Crippen MR) is 78.1 cm³/mol.